The Morgan fingerprint density at radius 2 is 1.60 bits per heavy atom. The van der Waals surface area contributed by atoms with Gasteiger partial charge in [0, 0.05) is 52.7 Å². The average Bonchev–Trinajstić information content (AvgIpc) is 2.76. The van der Waals surface area contributed by atoms with E-state index in [1.165, 1.54) is 0 Å². The van der Waals surface area contributed by atoms with E-state index in [1.54, 1.807) is 11.8 Å². The third-order valence-electron chi connectivity index (χ3n) is 4.68. The second kappa shape index (κ2) is 10.5. The van der Waals surface area contributed by atoms with Crippen LogP contribution in [-0.4, -0.2) is 54.3 Å². The van der Waals surface area contributed by atoms with E-state index in [-0.39, 0.29) is 0 Å². The van der Waals surface area contributed by atoms with Gasteiger partial charge in [-0.1, -0.05) is 35.0 Å². The highest BCUT2D eigenvalue weighted by atomic mass is 35.5. The van der Waals surface area contributed by atoms with E-state index in [0.717, 1.165) is 60.7 Å². The van der Waals surface area contributed by atoms with Crippen LogP contribution in [0.15, 0.2) is 64.5 Å². The lowest BCUT2D eigenvalue weighted by atomic mass is 10.2. The molecule has 2 heterocycles. The van der Waals surface area contributed by atoms with E-state index >= 15 is 0 Å². The van der Waals surface area contributed by atoms with Gasteiger partial charge in [0.2, 0.25) is 0 Å². The summed E-state index contributed by atoms with van der Waals surface area (Å²) in [5, 5.41) is 5.73. The molecule has 0 spiro atoms. The van der Waals surface area contributed by atoms with Crippen molar-refractivity contribution in [2.75, 3.05) is 44.7 Å². The molecule has 0 unspecified atom stereocenters. The third-order valence-corrected chi connectivity index (χ3v) is 6.11. The molecule has 156 valence electrons. The molecule has 1 saturated heterocycles. The van der Waals surface area contributed by atoms with Gasteiger partial charge in [0.15, 0.2) is 5.82 Å². The number of morpholine rings is 1. The number of ether oxygens (including phenoxy) is 1. The van der Waals surface area contributed by atoms with Crippen molar-refractivity contribution >= 4 is 40.8 Å². The molecule has 0 atom stereocenters. The molecule has 2 aromatic carbocycles. The molecule has 0 bridgehead atoms. The second-order valence-electron chi connectivity index (χ2n) is 6.86. The molecule has 5 nitrogen and oxygen atoms in total. The fourth-order valence-electron chi connectivity index (χ4n) is 3.09. The lowest BCUT2D eigenvalue weighted by Gasteiger charge is -2.26. The zero-order valence-electron chi connectivity index (χ0n) is 16.4. The predicted molar refractivity (Wildman–Crippen MR) is 124 cm³/mol. The summed E-state index contributed by atoms with van der Waals surface area (Å²) in [5.74, 6) is 1.47. The molecule has 1 aliphatic rings. The first-order chi connectivity index (χ1) is 14.7. The van der Waals surface area contributed by atoms with E-state index in [4.69, 9.17) is 37.9 Å². The SMILES string of the molecule is Clc1ccc(Sc2cc(NCCN3CCOCC3)nc(-c3ccc(Cl)cc3)n2)cc1. The largest absolute Gasteiger partial charge is 0.379 e. The molecule has 1 N–H and O–H groups in total. The highest BCUT2D eigenvalue weighted by Crippen LogP contribution is 2.30. The monoisotopic (exact) mass is 460 g/mol. The van der Waals surface area contributed by atoms with Crippen LogP contribution in [0.5, 0.6) is 0 Å². The van der Waals surface area contributed by atoms with Crippen LogP contribution in [0.1, 0.15) is 0 Å². The fraction of sp³-hybridized carbons (Fsp3) is 0.273. The first-order valence-corrected chi connectivity index (χ1v) is 11.4. The molecule has 0 aliphatic carbocycles. The Morgan fingerprint density at radius 3 is 2.30 bits per heavy atom. The van der Waals surface area contributed by atoms with Crippen LogP contribution >= 0.6 is 35.0 Å². The molecule has 0 amide bonds. The van der Waals surface area contributed by atoms with Gasteiger partial charge in [-0.2, -0.15) is 0 Å². The topological polar surface area (TPSA) is 50.3 Å². The van der Waals surface area contributed by atoms with Crippen molar-refractivity contribution in [3.05, 3.63) is 64.6 Å². The number of halogens is 2. The highest BCUT2D eigenvalue weighted by molar-refractivity contribution is 7.99. The van der Waals surface area contributed by atoms with Crippen LogP contribution in [0.25, 0.3) is 11.4 Å². The van der Waals surface area contributed by atoms with Gasteiger partial charge in [-0.05, 0) is 48.5 Å². The minimum atomic E-state index is 0.666. The quantitative estimate of drug-likeness (QED) is 0.479. The number of anilines is 1. The molecule has 4 rings (SSSR count). The van der Waals surface area contributed by atoms with Gasteiger partial charge in [0.25, 0.3) is 0 Å². The molecular weight excluding hydrogens is 439 g/mol. The molecule has 30 heavy (non-hydrogen) atoms. The van der Waals surface area contributed by atoms with Crippen molar-refractivity contribution in [1.29, 1.82) is 0 Å². The standard InChI is InChI=1S/C22H22Cl2N4OS/c23-17-3-1-16(2-4-17)22-26-20(25-9-10-28-11-13-29-14-12-28)15-21(27-22)30-19-7-5-18(24)6-8-19/h1-8,15H,9-14H2,(H,25,26,27). The van der Waals surface area contributed by atoms with Gasteiger partial charge >= 0.3 is 0 Å². The molecule has 1 aromatic heterocycles. The van der Waals surface area contributed by atoms with Gasteiger partial charge in [-0.15, -0.1) is 0 Å². The van der Waals surface area contributed by atoms with Crippen LogP contribution < -0.4 is 5.32 Å². The van der Waals surface area contributed by atoms with Gasteiger partial charge < -0.3 is 10.1 Å². The van der Waals surface area contributed by atoms with Crippen molar-refractivity contribution in [1.82, 2.24) is 14.9 Å². The Morgan fingerprint density at radius 1 is 0.933 bits per heavy atom. The molecular formula is C22H22Cl2N4OS. The number of hydrogen-bond donors (Lipinski definition) is 1. The van der Waals surface area contributed by atoms with Crippen LogP contribution in [0, 0.1) is 0 Å². The smallest absolute Gasteiger partial charge is 0.162 e. The fourth-order valence-corrected chi connectivity index (χ4v) is 4.15. The number of rotatable bonds is 7. The number of benzene rings is 2. The Labute approximate surface area is 190 Å². The van der Waals surface area contributed by atoms with Crippen molar-refractivity contribution in [2.24, 2.45) is 0 Å². The Kier molecular flexibility index (Phi) is 7.47. The van der Waals surface area contributed by atoms with E-state index in [2.05, 4.69) is 10.2 Å². The van der Waals surface area contributed by atoms with Crippen molar-refractivity contribution in [3.63, 3.8) is 0 Å². The van der Waals surface area contributed by atoms with Crippen molar-refractivity contribution in [3.8, 4) is 11.4 Å². The van der Waals surface area contributed by atoms with Crippen LogP contribution in [0.2, 0.25) is 10.0 Å². The van der Waals surface area contributed by atoms with Gasteiger partial charge in [0.05, 0.1) is 13.2 Å². The van der Waals surface area contributed by atoms with Crippen LogP contribution in [0.3, 0.4) is 0 Å². The maximum absolute atomic E-state index is 6.04. The zero-order chi connectivity index (χ0) is 20.8. The van der Waals surface area contributed by atoms with E-state index in [1.807, 2.05) is 54.6 Å². The average molecular weight is 461 g/mol. The second-order valence-corrected chi connectivity index (χ2v) is 8.83. The minimum absolute atomic E-state index is 0.666. The molecule has 8 heteroatoms. The van der Waals surface area contributed by atoms with E-state index in [9.17, 15) is 0 Å². The summed E-state index contributed by atoms with van der Waals surface area (Å²) in [6.07, 6.45) is 0. The van der Waals surface area contributed by atoms with E-state index in [0.29, 0.717) is 15.9 Å². The normalized spacial score (nSPS) is 14.6. The summed E-state index contributed by atoms with van der Waals surface area (Å²) in [6, 6.07) is 17.3. The van der Waals surface area contributed by atoms with Gasteiger partial charge in [-0.3, -0.25) is 4.90 Å². The number of aromatic nitrogens is 2. The summed E-state index contributed by atoms with van der Waals surface area (Å²) < 4.78 is 5.41. The minimum Gasteiger partial charge on any atom is -0.379 e. The number of nitrogens with zero attached hydrogens (tertiary/aromatic N) is 3. The summed E-state index contributed by atoms with van der Waals surface area (Å²) in [6.45, 7) is 5.30. The molecule has 3 aromatic rings. The lowest BCUT2D eigenvalue weighted by molar-refractivity contribution is 0.0398. The molecule has 0 saturated carbocycles. The first kappa shape index (κ1) is 21.4. The Balaban J connectivity index is 1.53. The number of nitrogens with one attached hydrogen (secondary N) is 1. The van der Waals surface area contributed by atoms with Gasteiger partial charge in [-0.25, -0.2) is 9.97 Å². The summed E-state index contributed by atoms with van der Waals surface area (Å²) >= 11 is 13.6. The van der Waals surface area contributed by atoms with Gasteiger partial charge in [0.1, 0.15) is 10.8 Å². The maximum atomic E-state index is 6.04. The zero-order valence-corrected chi connectivity index (χ0v) is 18.7. The van der Waals surface area contributed by atoms with Crippen LogP contribution in [-0.2, 0) is 4.74 Å². The molecule has 1 fully saturated rings. The Bertz CT molecular complexity index is 964. The third kappa shape index (κ3) is 6.09. The maximum Gasteiger partial charge on any atom is 0.162 e. The predicted octanol–water partition coefficient (Wildman–Crippen LogP) is 5.35. The lowest BCUT2D eigenvalue weighted by Crippen LogP contribution is -2.39. The van der Waals surface area contributed by atoms with Crippen molar-refractivity contribution < 1.29 is 4.74 Å². The highest BCUT2D eigenvalue weighted by Gasteiger charge is 2.11. The molecule has 0 radical (unpaired) electrons. The van der Waals surface area contributed by atoms with Crippen molar-refractivity contribution in [2.45, 2.75) is 9.92 Å². The summed E-state index contributed by atoms with van der Waals surface area (Å²) in [4.78, 5) is 12.9. The Hall–Kier alpha value is -1.83. The summed E-state index contributed by atoms with van der Waals surface area (Å²) in [5.41, 5.74) is 0.925. The molecule has 1 aliphatic heterocycles. The first-order valence-electron chi connectivity index (χ1n) is 9.78. The van der Waals surface area contributed by atoms with Crippen LogP contribution in [0.4, 0.5) is 5.82 Å². The number of hydrogen-bond acceptors (Lipinski definition) is 6. The van der Waals surface area contributed by atoms with E-state index < -0.39 is 0 Å². The summed E-state index contributed by atoms with van der Waals surface area (Å²) in [7, 11) is 0.